The summed E-state index contributed by atoms with van der Waals surface area (Å²) in [5, 5.41) is 3.08. The Labute approximate surface area is 196 Å². The van der Waals surface area contributed by atoms with E-state index < -0.39 is 21.8 Å². The summed E-state index contributed by atoms with van der Waals surface area (Å²) in [6.45, 7) is 8.57. The molecular weight excluding hydrogens is 443 g/mol. The maximum atomic E-state index is 13.2. The molecule has 2 aromatic rings. The molecule has 1 N–H and O–H groups in total. The fraction of sp³-hybridized carbons (Fsp3) is 0.480. The third kappa shape index (κ3) is 5.55. The molecule has 33 heavy (non-hydrogen) atoms. The van der Waals surface area contributed by atoms with Crippen molar-refractivity contribution in [2.45, 2.75) is 57.4 Å². The van der Waals surface area contributed by atoms with Gasteiger partial charge in [0.25, 0.3) is 0 Å². The monoisotopic (exact) mass is 476 g/mol. The Morgan fingerprint density at radius 3 is 2.42 bits per heavy atom. The summed E-state index contributed by atoms with van der Waals surface area (Å²) in [6.07, 6.45) is 1.21. The van der Waals surface area contributed by atoms with Crippen LogP contribution in [0.3, 0.4) is 0 Å². The van der Waals surface area contributed by atoms with Crippen LogP contribution in [-0.2, 0) is 14.8 Å². The number of rotatable bonds is 7. The zero-order valence-electron chi connectivity index (χ0n) is 19.9. The largest absolute Gasteiger partial charge is 0.496 e. The highest BCUT2D eigenvalue weighted by molar-refractivity contribution is 7.89. The maximum absolute atomic E-state index is 13.2. The number of nitrogens with zero attached hydrogens (tertiary/aromatic N) is 1. The van der Waals surface area contributed by atoms with Gasteiger partial charge < -0.3 is 10.1 Å². The van der Waals surface area contributed by atoms with Gasteiger partial charge in [0.15, 0.2) is 0 Å². The number of carbonyl (C=O) groups excluding carboxylic acids is 1. The summed E-state index contributed by atoms with van der Waals surface area (Å²) in [4.78, 5) is 13.1. The van der Waals surface area contributed by atoms with Gasteiger partial charge in [-0.15, -0.1) is 0 Å². The van der Waals surface area contributed by atoms with E-state index in [2.05, 4.69) is 25.2 Å². The number of piperidine rings is 1. The van der Waals surface area contributed by atoms with Crippen molar-refractivity contribution in [1.82, 2.24) is 9.62 Å². The topological polar surface area (TPSA) is 75.7 Å². The second-order valence-corrected chi connectivity index (χ2v) is 10.9. The van der Waals surface area contributed by atoms with Crippen molar-refractivity contribution in [2.75, 3.05) is 20.2 Å². The molecule has 1 aliphatic heterocycles. The fourth-order valence-corrected chi connectivity index (χ4v) is 5.87. The molecule has 1 fully saturated rings. The first-order chi connectivity index (χ1) is 15.5. The minimum atomic E-state index is -3.78. The van der Waals surface area contributed by atoms with Crippen LogP contribution in [0.15, 0.2) is 41.3 Å². The predicted molar refractivity (Wildman–Crippen MR) is 126 cm³/mol. The number of amides is 1. The molecule has 1 aliphatic rings. The number of methoxy groups -OCH3 is 1. The van der Waals surface area contributed by atoms with Crippen LogP contribution in [0.25, 0.3) is 0 Å². The van der Waals surface area contributed by atoms with E-state index in [1.165, 1.54) is 16.4 Å². The summed E-state index contributed by atoms with van der Waals surface area (Å²) in [7, 11) is -2.13. The van der Waals surface area contributed by atoms with E-state index in [1.807, 2.05) is 19.9 Å². The Hall–Kier alpha value is -2.45. The zero-order valence-corrected chi connectivity index (χ0v) is 20.7. The number of nitrogens with one attached hydrogen (secondary N) is 1. The molecule has 180 valence electrons. The van der Waals surface area contributed by atoms with Crippen molar-refractivity contribution < 1.29 is 22.3 Å². The van der Waals surface area contributed by atoms with E-state index in [0.717, 1.165) is 34.6 Å². The van der Waals surface area contributed by atoms with Crippen LogP contribution in [-0.4, -0.2) is 38.8 Å². The van der Waals surface area contributed by atoms with Crippen LogP contribution in [0.1, 0.15) is 62.3 Å². The summed E-state index contributed by atoms with van der Waals surface area (Å²) >= 11 is 0. The molecule has 2 atom stereocenters. The molecule has 0 bridgehead atoms. The quantitative estimate of drug-likeness (QED) is 0.636. The minimum Gasteiger partial charge on any atom is -0.496 e. The average molecular weight is 477 g/mol. The lowest BCUT2D eigenvalue weighted by atomic mass is 9.92. The van der Waals surface area contributed by atoms with Gasteiger partial charge in [-0.25, -0.2) is 12.8 Å². The number of carbonyl (C=O) groups is 1. The Bertz CT molecular complexity index is 1100. The van der Waals surface area contributed by atoms with Crippen molar-refractivity contribution in [3.63, 3.8) is 0 Å². The first-order valence-corrected chi connectivity index (χ1v) is 12.7. The summed E-state index contributed by atoms with van der Waals surface area (Å²) in [6, 6.07) is 8.62. The smallest absolute Gasteiger partial charge is 0.243 e. The Morgan fingerprint density at radius 2 is 1.82 bits per heavy atom. The molecule has 0 unspecified atom stereocenters. The van der Waals surface area contributed by atoms with Gasteiger partial charge in [0, 0.05) is 13.1 Å². The van der Waals surface area contributed by atoms with Crippen LogP contribution >= 0.6 is 0 Å². The highest BCUT2D eigenvalue weighted by atomic mass is 32.2. The van der Waals surface area contributed by atoms with Crippen LogP contribution in [0.5, 0.6) is 5.75 Å². The average Bonchev–Trinajstić information content (AvgIpc) is 2.78. The number of aryl methyl sites for hydroxylation is 1. The second kappa shape index (κ2) is 10.2. The van der Waals surface area contributed by atoms with Crippen LogP contribution in [0.2, 0.25) is 0 Å². The molecule has 1 amide bonds. The molecule has 8 heteroatoms. The predicted octanol–water partition coefficient (Wildman–Crippen LogP) is 4.54. The third-order valence-corrected chi connectivity index (χ3v) is 8.15. The summed E-state index contributed by atoms with van der Waals surface area (Å²) in [5.74, 6) is 0.000116. The van der Waals surface area contributed by atoms with Gasteiger partial charge in [0.1, 0.15) is 11.6 Å². The molecule has 2 aromatic carbocycles. The van der Waals surface area contributed by atoms with E-state index in [9.17, 15) is 17.6 Å². The number of halogens is 1. The molecule has 0 radical (unpaired) electrons. The van der Waals surface area contributed by atoms with E-state index in [-0.39, 0.29) is 29.3 Å². The summed E-state index contributed by atoms with van der Waals surface area (Å²) < 4.78 is 46.0. The van der Waals surface area contributed by atoms with E-state index in [4.69, 9.17) is 4.74 Å². The van der Waals surface area contributed by atoms with Crippen molar-refractivity contribution >= 4 is 15.9 Å². The van der Waals surface area contributed by atoms with Crippen molar-refractivity contribution in [1.29, 1.82) is 0 Å². The highest BCUT2D eigenvalue weighted by Crippen LogP contribution is 2.32. The molecule has 0 spiro atoms. The van der Waals surface area contributed by atoms with Crippen LogP contribution in [0.4, 0.5) is 4.39 Å². The highest BCUT2D eigenvalue weighted by Gasteiger charge is 2.34. The minimum absolute atomic E-state index is 0.0356. The van der Waals surface area contributed by atoms with Crippen molar-refractivity contribution in [3.8, 4) is 5.75 Å². The fourth-order valence-electron chi connectivity index (χ4n) is 4.35. The van der Waals surface area contributed by atoms with Gasteiger partial charge >= 0.3 is 0 Å². The van der Waals surface area contributed by atoms with Crippen molar-refractivity contribution in [3.05, 3.63) is 58.9 Å². The summed E-state index contributed by atoms with van der Waals surface area (Å²) in [5.41, 5.74) is 3.11. The van der Waals surface area contributed by atoms with Gasteiger partial charge in [-0.2, -0.15) is 4.31 Å². The number of benzene rings is 2. The molecule has 1 saturated heterocycles. The molecule has 0 aliphatic carbocycles. The van der Waals surface area contributed by atoms with Gasteiger partial charge in [0.05, 0.1) is 24.0 Å². The lowest BCUT2D eigenvalue weighted by Gasteiger charge is -2.32. The Morgan fingerprint density at radius 1 is 1.15 bits per heavy atom. The van der Waals surface area contributed by atoms with E-state index in [0.29, 0.717) is 19.4 Å². The first-order valence-electron chi connectivity index (χ1n) is 11.3. The molecule has 3 rings (SSSR count). The van der Waals surface area contributed by atoms with Crippen molar-refractivity contribution in [2.24, 2.45) is 5.92 Å². The number of sulfonamides is 1. The maximum Gasteiger partial charge on any atom is 0.243 e. The Kier molecular flexibility index (Phi) is 7.80. The Balaban J connectivity index is 1.74. The van der Waals surface area contributed by atoms with Gasteiger partial charge in [-0.1, -0.05) is 13.8 Å². The van der Waals surface area contributed by atoms with Crippen LogP contribution in [0, 0.1) is 18.7 Å². The third-order valence-electron chi connectivity index (χ3n) is 6.27. The molecule has 1 heterocycles. The zero-order chi connectivity index (χ0) is 24.3. The number of hydrogen-bond donors (Lipinski definition) is 1. The van der Waals surface area contributed by atoms with Crippen LogP contribution < -0.4 is 10.1 Å². The molecule has 0 saturated carbocycles. The van der Waals surface area contributed by atoms with Gasteiger partial charge in [-0.3, -0.25) is 4.79 Å². The lowest BCUT2D eigenvalue weighted by Crippen LogP contribution is -2.45. The molecule has 6 nitrogen and oxygen atoms in total. The number of ether oxygens (including phenoxy) is 1. The second-order valence-electron chi connectivity index (χ2n) is 8.99. The lowest BCUT2D eigenvalue weighted by molar-refractivity contribution is -0.126. The standard InChI is InChI=1S/C25H33FN2O4S/c1-16(2)22-14-23(17(3)13-24(22)32-5)18(4)27-25(29)19-7-6-12-28(15-19)33(30,31)21-10-8-20(26)9-11-21/h8-11,13-14,16,18-19H,6-7,12,15H2,1-5H3,(H,27,29)/t18-,19+/m1/s1. The van der Waals surface area contributed by atoms with Gasteiger partial charge in [0.2, 0.25) is 15.9 Å². The first kappa shape index (κ1) is 25.2. The SMILES string of the molecule is COc1cc(C)c([C@@H](C)NC(=O)[C@H]2CCCN(S(=O)(=O)c3ccc(F)cc3)C2)cc1C(C)C. The van der Waals surface area contributed by atoms with E-state index >= 15 is 0 Å². The van der Waals surface area contributed by atoms with E-state index in [1.54, 1.807) is 7.11 Å². The molecular formula is C25H33FN2O4S. The normalized spacial score (nSPS) is 18.2. The van der Waals surface area contributed by atoms with Gasteiger partial charge in [-0.05, 0) is 85.7 Å². The molecule has 0 aromatic heterocycles. The number of hydrogen-bond acceptors (Lipinski definition) is 4.